The SMILES string of the molecule is CCCCCCCCCC(C(O)CCCC)S(=O)(=O)[O-].[K+]. The van der Waals surface area contributed by atoms with E-state index in [4.69, 9.17) is 0 Å². The quantitative estimate of drug-likeness (QED) is 0.301. The molecule has 0 fully saturated rings. The fourth-order valence-corrected chi connectivity index (χ4v) is 3.41. The number of aliphatic hydroxyl groups excluding tert-OH is 1. The molecule has 4 nitrogen and oxygen atoms in total. The van der Waals surface area contributed by atoms with Gasteiger partial charge in [-0.15, -0.1) is 0 Å². The zero-order chi connectivity index (χ0) is 15.4. The standard InChI is InChI=1S/C15H32O4S.K/c1-3-5-7-8-9-10-11-13-15(20(17,18)19)14(16)12-6-4-2;/h14-16H,3-13H2,1-2H3,(H,17,18,19);/q;+1/p-1. The monoisotopic (exact) mass is 346 g/mol. The van der Waals surface area contributed by atoms with Crippen molar-refractivity contribution in [2.75, 3.05) is 0 Å². The van der Waals surface area contributed by atoms with Crippen LogP contribution in [0.4, 0.5) is 0 Å². The van der Waals surface area contributed by atoms with Crippen LogP contribution < -0.4 is 51.4 Å². The number of aliphatic hydroxyl groups is 1. The predicted octanol–water partition coefficient (Wildman–Crippen LogP) is 0.596. The molecule has 0 saturated heterocycles. The van der Waals surface area contributed by atoms with Crippen molar-refractivity contribution < 1.29 is 69.5 Å². The predicted molar refractivity (Wildman–Crippen MR) is 81.6 cm³/mol. The molecule has 2 atom stereocenters. The molecule has 0 amide bonds. The van der Waals surface area contributed by atoms with Crippen molar-refractivity contribution in [3.63, 3.8) is 0 Å². The minimum Gasteiger partial charge on any atom is -0.748 e. The van der Waals surface area contributed by atoms with Crippen LogP contribution in [0.15, 0.2) is 0 Å². The Kier molecular flexibility index (Phi) is 17.8. The van der Waals surface area contributed by atoms with E-state index < -0.39 is 21.5 Å². The minimum absolute atomic E-state index is 0. The zero-order valence-electron chi connectivity index (χ0n) is 14.0. The van der Waals surface area contributed by atoms with E-state index in [0.717, 1.165) is 25.7 Å². The van der Waals surface area contributed by atoms with Crippen molar-refractivity contribution in [3.05, 3.63) is 0 Å². The van der Waals surface area contributed by atoms with Crippen molar-refractivity contribution in [2.45, 2.75) is 95.8 Å². The normalized spacial score (nSPS) is 14.5. The molecule has 6 heteroatoms. The van der Waals surface area contributed by atoms with Crippen molar-refractivity contribution >= 4 is 10.1 Å². The van der Waals surface area contributed by atoms with Gasteiger partial charge in [-0.2, -0.15) is 0 Å². The molecule has 2 unspecified atom stereocenters. The van der Waals surface area contributed by atoms with Gasteiger partial charge in [-0.05, 0) is 12.8 Å². The zero-order valence-corrected chi connectivity index (χ0v) is 18.0. The van der Waals surface area contributed by atoms with E-state index in [1.54, 1.807) is 0 Å². The van der Waals surface area contributed by atoms with Crippen LogP contribution in [0.5, 0.6) is 0 Å². The number of rotatable bonds is 13. The summed E-state index contributed by atoms with van der Waals surface area (Å²) >= 11 is 0. The second-order valence-corrected chi connectivity index (χ2v) is 7.24. The molecule has 1 N–H and O–H groups in total. The average Bonchev–Trinajstić information content (AvgIpc) is 2.37. The second kappa shape index (κ2) is 15.1. The fraction of sp³-hybridized carbons (Fsp3) is 1.00. The van der Waals surface area contributed by atoms with Crippen LogP contribution in [0.25, 0.3) is 0 Å². The topological polar surface area (TPSA) is 77.4 Å². The Labute approximate surface area is 173 Å². The Morgan fingerprint density at radius 3 is 1.81 bits per heavy atom. The fourth-order valence-electron chi connectivity index (χ4n) is 2.43. The second-order valence-electron chi connectivity index (χ2n) is 5.65. The molecule has 0 saturated carbocycles. The van der Waals surface area contributed by atoms with Crippen LogP contribution >= 0.6 is 0 Å². The van der Waals surface area contributed by atoms with E-state index in [0.29, 0.717) is 19.3 Å². The van der Waals surface area contributed by atoms with E-state index in [9.17, 15) is 18.1 Å². The van der Waals surface area contributed by atoms with Crippen LogP contribution in [0, 0.1) is 0 Å². The summed E-state index contributed by atoms with van der Waals surface area (Å²) in [5.74, 6) is 0. The van der Waals surface area contributed by atoms with Crippen molar-refractivity contribution in [2.24, 2.45) is 0 Å². The molecule has 0 radical (unpaired) electrons. The first-order chi connectivity index (χ1) is 9.43. The average molecular weight is 347 g/mol. The van der Waals surface area contributed by atoms with Crippen LogP contribution in [0.3, 0.4) is 0 Å². The summed E-state index contributed by atoms with van der Waals surface area (Å²) in [7, 11) is -4.40. The van der Waals surface area contributed by atoms with Gasteiger partial charge in [-0.1, -0.05) is 71.6 Å². The molecule has 0 bridgehead atoms. The molecule has 0 rings (SSSR count). The first-order valence-corrected chi connectivity index (χ1v) is 9.53. The van der Waals surface area contributed by atoms with Crippen LogP contribution in [-0.2, 0) is 10.1 Å². The molecule has 0 aromatic heterocycles. The maximum absolute atomic E-state index is 11.2. The van der Waals surface area contributed by atoms with Gasteiger partial charge < -0.3 is 9.66 Å². The van der Waals surface area contributed by atoms with Gasteiger partial charge in [-0.25, -0.2) is 8.42 Å². The van der Waals surface area contributed by atoms with Crippen molar-refractivity contribution in [1.29, 1.82) is 0 Å². The summed E-state index contributed by atoms with van der Waals surface area (Å²) in [6, 6.07) is 0. The number of hydrogen-bond acceptors (Lipinski definition) is 4. The van der Waals surface area contributed by atoms with E-state index in [-0.39, 0.29) is 51.4 Å². The summed E-state index contributed by atoms with van der Waals surface area (Å²) < 4.78 is 33.7. The molecule has 0 spiro atoms. The smallest absolute Gasteiger partial charge is 0.748 e. The molecule has 21 heavy (non-hydrogen) atoms. The van der Waals surface area contributed by atoms with Gasteiger partial charge in [-0.3, -0.25) is 0 Å². The third-order valence-corrected chi connectivity index (χ3v) is 5.04. The van der Waals surface area contributed by atoms with Gasteiger partial charge in [0.2, 0.25) is 0 Å². The number of hydrogen-bond donors (Lipinski definition) is 1. The molecule has 0 aromatic carbocycles. The van der Waals surface area contributed by atoms with Gasteiger partial charge >= 0.3 is 51.4 Å². The summed E-state index contributed by atoms with van der Waals surface area (Å²) in [5.41, 5.74) is 0. The van der Waals surface area contributed by atoms with E-state index in [1.165, 1.54) is 25.7 Å². The third kappa shape index (κ3) is 13.6. The summed E-state index contributed by atoms with van der Waals surface area (Å²) in [4.78, 5) is 0. The Morgan fingerprint density at radius 2 is 1.33 bits per heavy atom. The van der Waals surface area contributed by atoms with Crippen molar-refractivity contribution in [1.82, 2.24) is 0 Å². The Balaban J connectivity index is 0. The largest absolute Gasteiger partial charge is 1.00 e. The maximum atomic E-state index is 11.2. The van der Waals surface area contributed by atoms with Crippen LogP contribution in [0.1, 0.15) is 84.5 Å². The van der Waals surface area contributed by atoms with Gasteiger partial charge in [0.05, 0.1) is 11.4 Å². The van der Waals surface area contributed by atoms with Gasteiger partial charge in [0, 0.05) is 0 Å². The van der Waals surface area contributed by atoms with Gasteiger partial charge in [0.25, 0.3) is 0 Å². The third-order valence-electron chi connectivity index (χ3n) is 3.75. The molecule has 122 valence electrons. The minimum atomic E-state index is -4.40. The first kappa shape index (κ1) is 24.8. The van der Waals surface area contributed by atoms with Crippen molar-refractivity contribution in [3.8, 4) is 0 Å². The first-order valence-electron chi connectivity index (χ1n) is 8.06. The van der Waals surface area contributed by atoms with Gasteiger partial charge in [0.1, 0.15) is 10.1 Å². The molecule has 0 aliphatic rings. The van der Waals surface area contributed by atoms with E-state index in [2.05, 4.69) is 6.92 Å². The molecular weight excluding hydrogens is 315 g/mol. The van der Waals surface area contributed by atoms with Crippen LogP contribution in [-0.4, -0.2) is 29.4 Å². The molecule has 0 aliphatic carbocycles. The Bertz CT molecular complexity index is 320. The summed E-state index contributed by atoms with van der Waals surface area (Å²) in [6.07, 6.45) is 8.91. The Hall–Kier alpha value is 1.51. The van der Waals surface area contributed by atoms with E-state index >= 15 is 0 Å². The summed E-state index contributed by atoms with van der Waals surface area (Å²) in [6.45, 7) is 4.14. The molecule has 0 heterocycles. The van der Waals surface area contributed by atoms with Gasteiger partial charge in [0.15, 0.2) is 0 Å². The Morgan fingerprint density at radius 1 is 0.857 bits per heavy atom. The molecular formula is C15H31KO4S. The molecule has 0 aliphatic heterocycles. The molecule has 0 aromatic rings. The van der Waals surface area contributed by atoms with E-state index in [1.807, 2.05) is 6.92 Å². The van der Waals surface area contributed by atoms with Crippen LogP contribution in [0.2, 0.25) is 0 Å². The summed E-state index contributed by atoms with van der Waals surface area (Å²) in [5, 5.41) is 8.75. The maximum Gasteiger partial charge on any atom is 1.00 e. The number of unbranched alkanes of at least 4 members (excludes halogenated alkanes) is 7.